The second-order valence-corrected chi connectivity index (χ2v) is 10.5. The Labute approximate surface area is 211 Å². The topological polar surface area (TPSA) is 72.7 Å². The summed E-state index contributed by atoms with van der Waals surface area (Å²) in [6.45, 7) is 6.47. The maximum atomic E-state index is 12.6. The van der Waals surface area contributed by atoms with E-state index in [4.69, 9.17) is 0 Å². The van der Waals surface area contributed by atoms with Gasteiger partial charge in [-0.25, -0.2) is 4.98 Å². The van der Waals surface area contributed by atoms with Crippen LogP contribution in [0.1, 0.15) is 16.3 Å². The minimum Gasteiger partial charge on any atom is -0.301 e. The average Bonchev–Trinajstić information content (AvgIpc) is 3.41. The summed E-state index contributed by atoms with van der Waals surface area (Å²) in [7, 11) is 0. The largest absolute Gasteiger partial charge is 0.301 e. The van der Waals surface area contributed by atoms with Crippen molar-refractivity contribution >= 4 is 45.9 Å². The molecule has 0 bridgehead atoms. The lowest BCUT2D eigenvalue weighted by molar-refractivity contribution is -0.113. The number of allylic oxidation sites excluding steroid dienone is 1. The minimum absolute atomic E-state index is 0.119. The lowest BCUT2D eigenvalue weighted by Gasteiger charge is -2.07. The van der Waals surface area contributed by atoms with Crippen LogP contribution in [0.5, 0.6) is 0 Å². The van der Waals surface area contributed by atoms with E-state index in [0.717, 1.165) is 33.5 Å². The van der Waals surface area contributed by atoms with E-state index in [1.54, 1.807) is 11.8 Å². The van der Waals surface area contributed by atoms with Crippen LogP contribution in [-0.4, -0.2) is 31.4 Å². The quantitative estimate of drug-likeness (QED) is 0.196. The molecule has 0 saturated carbocycles. The summed E-state index contributed by atoms with van der Waals surface area (Å²) in [5.74, 6) is 2.64. The third-order valence-electron chi connectivity index (χ3n) is 4.87. The number of rotatable bonds is 11. The molecule has 0 atom stereocenters. The second-order valence-electron chi connectivity index (χ2n) is 7.40. The summed E-state index contributed by atoms with van der Waals surface area (Å²) in [4.78, 5) is 18.3. The number of thioether (sulfide) groups is 2. The van der Waals surface area contributed by atoms with Crippen molar-refractivity contribution in [3.8, 4) is 11.3 Å². The Hall–Kier alpha value is -2.88. The molecule has 0 fully saturated rings. The number of hydrogen-bond donors (Lipinski definition) is 1. The Morgan fingerprint density at radius 3 is 2.56 bits per heavy atom. The molecule has 4 rings (SSSR count). The van der Waals surface area contributed by atoms with Crippen molar-refractivity contribution in [2.24, 2.45) is 0 Å². The van der Waals surface area contributed by atoms with Crippen molar-refractivity contribution in [1.82, 2.24) is 19.7 Å². The summed E-state index contributed by atoms with van der Waals surface area (Å²) < 4.78 is 2.02. The van der Waals surface area contributed by atoms with Gasteiger partial charge in [-0.05, 0) is 12.5 Å². The third kappa shape index (κ3) is 6.37. The summed E-state index contributed by atoms with van der Waals surface area (Å²) in [5, 5.41) is 12.9. The van der Waals surface area contributed by atoms with E-state index >= 15 is 0 Å². The first-order valence-electron chi connectivity index (χ1n) is 10.7. The van der Waals surface area contributed by atoms with Crippen molar-refractivity contribution in [2.75, 3.05) is 11.1 Å². The number of anilines is 1. The number of hydrogen-bond acceptors (Lipinski definition) is 7. The van der Waals surface area contributed by atoms with E-state index in [1.165, 1.54) is 28.7 Å². The molecule has 2 heterocycles. The molecule has 9 heteroatoms. The number of aromatic nitrogens is 4. The predicted molar refractivity (Wildman–Crippen MR) is 143 cm³/mol. The maximum Gasteiger partial charge on any atom is 0.236 e. The van der Waals surface area contributed by atoms with Gasteiger partial charge in [0.25, 0.3) is 0 Å². The molecule has 0 aliphatic carbocycles. The number of nitrogens with one attached hydrogen (secondary N) is 1. The monoisotopic (exact) mass is 507 g/mol. The molecule has 34 heavy (non-hydrogen) atoms. The predicted octanol–water partition coefficient (Wildman–Crippen LogP) is 6.06. The molecular formula is C25H25N5OS3. The number of carbonyl (C=O) groups excluding carboxylic acids is 1. The molecule has 2 aromatic carbocycles. The van der Waals surface area contributed by atoms with Crippen LogP contribution in [0.25, 0.3) is 11.3 Å². The van der Waals surface area contributed by atoms with Gasteiger partial charge in [0.15, 0.2) is 10.3 Å². The summed E-state index contributed by atoms with van der Waals surface area (Å²) in [6, 6.07) is 20.3. The summed E-state index contributed by atoms with van der Waals surface area (Å²) in [5.41, 5.74) is 3.22. The van der Waals surface area contributed by atoms with Gasteiger partial charge in [0.1, 0.15) is 5.82 Å². The van der Waals surface area contributed by atoms with E-state index in [9.17, 15) is 4.79 Å². The molecule has 174 valence electrons. The Morgan fingerprint density at radius 1 is 1.09 bits per heavy atom. The lowest BCUT2D eigenvalue weighted by Crippen LogP contribution is -2.14. The Bertz CT molecular complexity index is 1240. The van der Waals surface area contributed by atoms with Crippen LogP contribution in [0.4, 0.5) is 5.13 Å². The molecule has 1 amide bonds. The normalized spacial score (nSPS) is 10.9. The van der Waals surface area contributed by atoms with Crippen LogP contribution >= 0.6 is 34.9 Å². The van der Waals surface area contributed by atoms with Gasteiger partial charge in [0.2, 0.25) is 5.91 Å². The maximum absolute atomic E-state index is 12.6. The fourth-order valence-electron chi connectivity index (χ4n) is 3.28. The highest BCUT2D eigenvalue weighted by Crippen LogP contribution is 2.30. The second kappa shape index (κ2) is 12.0. The molecule has 2 aromatic heterocycles. The van der Waals surface area contributed by atoms with Crippen molar-refractivity contribution < 1.29 is 4.79 Å². The smallest absolute Gasteiger partial charge is 0.236 e. The van der Waals surface area contributed by atoms with Gasteiger partial charge in [0.05, 0.1) is 17.2 Å². The number of carbonyl (C=O) groups is 1. The van der Waals surface area contributed by atoms with Gasteiger partial charge in [-0.3, -0.25) is 4.79 Å². The van der Waals surface area contributed by atoms with Crippen LogP contribution in [0.2, 0.25) is 0 Å². The Morgan fingerprint density at radius 2 is 1.82 bits per heavy atom. The van der Waals surface area contributed by atoms with Gasteiger partial charge < -0.3 is 9.88 Å². The van der Waals surface area contributed by atoms with E-state index in [2.05, 4.69) is 39.2 Å². The molecule has 0 aliphatic rings. The van der Waals surface area contributed by atoms with Crippen LogP contribution in [0, 0.1) is 6.92 Å². The summed E-state index contributed by atoms with van der Waals surface area (Å²) in [6.07, 6.45) is 1.82. The molecule has 0 radical (unpaired) electrons. The first kappa shape index (κ1) is 24.3. The SMILES string of the molecule is C=CCn1c(CSCc2ccccc2)nnc1SCC(=O)Nc1nc(-c2ccccc2)c(C)s1. The van der Waals surface area contributed by atoms with E-state index in [1.807, 2.05) is 66.1 Å². The minimum atomic E-state index is -0.119. The zero-order valence-electron chi connectivity index (χ0n) is 18.8. The van der Waals surface area contributed by atoms with Gasteiger partial charge >= 0.3 is 0 Å². The zero-order valence-corrected chi connectivity index (χ0v) is 21.3. The molecule has 1 N–H and O–H groups in total. The van der Waals surface area contributed by atoms with Gasteiger partial charge in [-0.15, -0.1) is 39.9 Å². The number of benzene rings is 2. The van der Waals surface area contributed by atoms with E-state index in [-0.39, 0.29) is 11.7 Å². The molecule has 0 spiro atoms. The number of thiazole rings is 1. The van der Waals surface area contributed by atoms with Crippen molar-refractivity contribution in [3.63, 3.8) is 0 Å². The first-order valence-corrected chi connectivity index (χ1v) is 13.7. The highest BCUT2D eigenvalue weighted by Gasteiger charge is 2.16. The molecule has 4 aromatic rings. The Kier molecular flexibility index (Phi) is 8.56. The molecule has 0 saturated heterocycles. The van der Waals surface area contributed by atoms with Crippen molar-refractivity contribution in [2.45, 2.75) is 30.1 Å². The fourth-order valence-corrected chi connectivity index (χ4v) is 5.82. The molecule has 6 nitrogen and oxygen atoms in total. The average molecular weight is 508 g/mol. The highest BCUT2D eigenvalue weighted by molar-refractivity contribution is 7.99. The molecule has 0 aliphatic heterocycles. The highest BCUT2D eigenvalue weighted by atomic mass is 32.2. The zero-order chi connectivity index (χ0) is 23.8. The van der Waals surface area contributed by atoms with E-state index in [0.29, 0.717) is 16.8 Å². The van der Waals surface area contributed by atoms with Gasteiger partial charge in [-0.1, -0.05) is 78.5 Å². The van der Waals surface area contributed by atoms with Gasteiger partial charge in [0, 0.05) is 22.7 Å². The van der Waals surface area contributed by atoms with Crippen LogP contribution in [-0.2, 0) is 22.8 Å². The number of nitrogens with zero attached hydrogens (tertiary/aromatic N) is 4. The Balaban J connectivity index is 1.34. The standard InChI is InChI=1S/C25H25N5OS3/c1-3-14-30-21(16-32-15-19-10-6-4-7-11-19)28-29-25(30)33-17-22(31)26-24-27-23(18(2)34-24)20-12-8-5-9-13-20/h3-13H,1,14-17H2,2H3,(H,26,27,31). The van der Waals surface area contributed by atoms with Crippen LogP contribution < -0.4 is 5.32 Å². The lowest BCUT2D eigenvalue weighted by atomic mass is 10.1. The fraction of sp³-hybridized carbons (Fsp3) is 0.200. The third-order valence-corrected chi connectivity index (χ3v) is 7.72. The van der Waals surface area contributed by atoms with E-state index < -0.39 is 0 Å². The molecule has 0 unspecified atom stereocenters. The van der Waals surface area contributed by atoms with Crippen LogP contribution in [0.3, 0.4) is 0 Å². The van der Waals surface area contributed by atoms with Crippen molar-refractivity contribution in [3.05, 3.63) is 89.6 Å². The summed E-state index contributed by atoms with van der Waals surface area (Å²) >= 11 is 4.64. The molecular weight excluding hydrogens is 483 g/mol. The van der Waals surface area contributed by atoms with Crippen molar-refractivity contribution in [1.29, 1.82) is 0 Å². The first-order chi connectivity index (χ1) is 16.6. The van der Waals surface area contributed by atoms with Gasteiger partial charge in [-0.2, -0.15) is 0 Å². The van der Waals surface area contributed by atoms with Crippen LogP contribution in [0.15, 0.2) is 78.5 Å². The number of amides is 1. The number of aryl methyl sites for hydroxylation is 1.